The maximum atomic E-state index is 9.65. The van der Waals surface area contributed by atoms with Gasteiger partial charge in [0.25, 0.3) is 0 Å². The number of phenolic OH excluding ortho intramolecular Hbond substituents is 1. The second kappa shape index (κ2) is 8.03. The van der Waals surface area contributed by atoms with Gasteiger partial charge in [-0.05, 0) is 73.4 Å². The van der Waals surface area contributed by atoms with Crippen molar-refractivity contribution < 1.29 is 14.6 Å². The molecule has 5 rings (SSSR count). The van der Waals surface area contributed by atoms with Crippen molar-refractivity contribution in [1.29, 1.82) is 0 Å². The van der Waals surface area contributed by atoms with Crippen LogP contribution < -0.4 is 4.74 Å². The summed E-state index contributed by atoms with van der Waals surface area (Å²) in [4.78, 5) is 0. The van der Waals surface area contributed by atoms with Gasteiger partial charge in [0.2, 0.25) is 0 Å². The first-order chi connectivity index (χ1) is 14.3. The van der Waals surface area contributed by atoms with Crippen molar-refractivity contribution in [2.75, 3.05) is 13.2 Å². The number of hydrogen-bond donors (Lipinski definition) is 1. The standard InChI is InChI=1S/C23H27N3O3/c27-19-10-8-17(9-11-19)18-13-20-23(21(14-18)29-15-16-5-1-2-6-16)24-25-26(20)22-7-3-4-12-28-22/h8-11,13-14,16,22,27H,1-7,12,15H2. The molecule has 2 aliphatic rings. The van der Waals surface area contributed by atoms with Crippen molar-refractivity contribution >= 4 is 11.0 Å². The topological polar surface area (TPSA) is 69.4 Å². The smallest absolute Gasteiger partial charge is 0.155 e. The quantitative estimate of drug-likeness (QED) is 0.655. The van der Waals surface area contributed by atoms with E-state index < -0.39 is 0 Å². The summed E-state index contributed by atoms with van der Waals surface area (Å²) < 4.78 is 14.1. The minimum absolute atomic E-state index is 0.0773. The third-order valence-electron chi connectivity index (χ3n) is 6.12. The van der Waals surface area contributed by atoms with E-state index in [2.05, 4.69) is 16.4 Å². The molecule has 152 valence electrons. The van der Waals surface area contributed by atoms with Crippen LogP contribution in [0.2, 0.25) is 0 Å². The molecule has 2 fully saturated rings. The van der Waals surface area contributed by atoms with Crippen LogP contribution in [-0.4, -0.2) is 33.3 Å². The number of benzene rings is 2. The van der Waals surface area contributed by atoms with Gasteiger partial charge in [-0.3, -0.25) is 0 Å². The molecule has 0 radical (unpaired) electrons. The van der Waals surface area contributed by atoms with Crippen LogP contribution in [0.25, 0.3) is 22.2 Å². The zero-order valence-corrected chi connectivity index (χ0v) is 16.6. The third-order valence-corrected chi connectivity index (χ3v) is 6.12. The van der Waals surface area contributed by atoms with Crippen LogP contribution in [0, 0.1) is 5.92 Å². The normalized spacial score (nSPS) is 20.3. The van der Waals surface area contributed by atoms with Crippen molar-refractivity contribution in [2.24, 2.45) is 5.92 Å². The number of rotatable bonds is 5. The van der Waals surface area contributed by atoms with E-state index in [1.807, 2.05) is 22.9 Å². The van der Waals surface area contributed by atoms with E-state index >= 15 is 0 Å². The average molecular weight is 393 g/mol. The third kappa shape index (κ3) is 3.81. The summed E-state index contributed by atoms with van der Waals surface area (Å²) in [6.45, 7) is 1.48. The highest BCUT2D eigenvalue weighted by Crippen LogP contribution is 2.35. The second-order valence-electron chi connectivity index (χ2n) is 8.21. The van der Waals surface area contributed by atoms with Gasteiger partial charge in [-0.25, -0.2) is 4.68 Å². The van der Waals surface area contributed by atoms with E-state index in [0.29, 0.717) is 5.92 Å². The molecule has 6 nitrogen and oxygen atoms in total. The Kier molecular flexibility index (Phi) is 5.10. The van der Waals surface area contributed by atoms with Gasteiger partial charge in [0.05, 0.1) is 12.1 Å². The van der Waals surface area contributed by atoms with Gasteiger partial charge in [0.15, 0.2) is 11.7 Å². The van der Waals surface area contributed by atoms with Crippen molar-refractivity contribution in [1.82, 2.24) is 15.0 Å². The molecule has 2 heterocycles. The second-order valence-corrected chi connectivity index (χ2v) is 8.21. The van der Waals surface area contributed by atoms with E-state index in [1.54, 1.807) is 12.1 Å². The van der Waals surface area contributed by atoms with Crippen LogP contribution in [-0.2, 0) is 4.74 Å². The molecule has 1 saturated carbocycles. The first-order valence-corrected chi connectivity index (χ1v) is 10.7. The van der Waals surface area contributed by atoms with Crippen LogP contribution >= 0.6 is 0 Å². The van der Waals surface area contributed by atoms with Gasteiger partial charge in [0, 0.05) is 6.61 Å². The summed E-state index contributed by atoms with van der Waals surface area (Å²) in [5.74, 6) is 1.66. The summed E-state index contributed by atoms with van der Waals surface area (Å²) in [7, 11) is 0. The first kappa shape index (κ1) is 18.4. The predicted molar refractivity (Wildman–Crippen MR) is 111 cm³/mol. The summed E-state index contributed by atoms with van der Waals surface area (Å²) in [5, 5.41) is 18.5. The predicted octanol–water partition coefficient (Wildman–Crippen LogP) is 5.07. The Morgan fingerprint density at radius 1 is 1.00 bits per heavy atom. The van der Waals surface area contributed by atoms with Crippen molar-refractivity contribution in [3.05, 3.63) is 36.4 Å². The SMILES string of the molecule is Oc1ccc(-c2cc(OCC3CCCC3)c3nnn(C4CCCCO4)c3c2)cc1. The van der Waals surface area contributed by atoms with Gasteiger partial charge in [-0.2, -0.15) is 0 Å². The van der Waals surface area contributed by atoms with Gasteiger partial charge in [-0.1, -0.05) is 30.2 Å². The van der Waals surface area contributed by atoms with Crippen molar-refractivity contribution in [2.45, 2.75) is 51.2 Å². The zero-order chi connectivity index (χ0) is 19.6. The lowest BCUT2D eigenvalue weighted by atomic mass is 10.0. The fourth-order valence-electron chi connectivity index (χ4n) is 4.45. The Morgan fingerprint density at radius 3 is 2.55 bits per heavy atom. The molecule has 0 spiro atoms. The summed E-state index contributed by atoms with van der Waals surface area (Å²) in [6.07, 6.45) is 8.17. The lowest BCUT2D eigenvalue weighted by Crippen LogP contribution is -2.19. The molecule has 3 aromatic rings. The van der Waals surface area contributed by atoms with Gasteiger partial charge in [0.1, 0.15) is 11.5 Å². The van der Waals surface area contributed by atoms with E-state index in [0.717, 1.165) is 60.4 Å². The fraction of sp³-hybridized carbons (Fsp3) is 0.478. The number of ether oxygens (including phenoxy) is 2. The minimum Gasteiger partial charge on any atom is -0.508 e. The highest BCUT2D eigenvalue weighted by atomic mass is 16.5. The molecule has 1 aromatic heterocycles. The van der Waals surface area contributed by atoms with Crippen LogP contribution in [0.5, 0.6) is 11.5 Å². The molecular weight excluding hydrogens is 366 g/mol. The number of fused-ring (bicyclic) bond motifs is 1. The molecule has 1 aliphatic carbocycles. The molecule has 2 aromatic carbocycles. The molecular formula is C23H27N3O3. The van der Waals surface area contributed by atoms with Gasteiger partial charge < -0.3 is 14.6 Å². The fourth-order valence-corrected chi connectivity index (χ4v) is 4.45. The van der Waals surface area contributed by atoms with Gasteiger partial charge >= 0.3 is 0 Å². The Bertz CT molecular complexity index is 971. The number of phenols is 1. The summed E-state index contributed by atoms with van der Waals surface area (Å²) in [6, 6.07) is 11.4. The van der Waals surface area contributed by atoms with Crippen LogP contribution in [0.1, 0.15) is 51.2 Å². The zero-order valence-electron chi connectivity index (χ0n) is 16.6. The molecule has 1 aliphatic heterocycles. The summed E-state index contributed by atoms with van der Waals surface area (Å²) >= 11 is 0. The number of hydrogen-bond acceptors (Lipinski definition) is 5. The molecule has 1 N–H and O–H groups in total. The molecule has 29 heavy (non-hydrogen) atoms. The van der Waals surface area contributed by atoms with E-state index in [-0.39, 0.29) is 12.0 Å². The Balaban J connectivity index is 1.55. The van der Waals surface area contributed by atoms with E-state index in [4.69, 9.17) is 9.47 Å². The van der Waals surface area contributed by atoms with Crippen molar-refractivity contribution in [3.63, 3.8) is 0 Å². The minimum atomic E-state index is -0.0773. The average Bonchev–Trinajstić information content (AvgIpc) is 3.43. The van der Waals surface area contributed by atoms with Crippen LogP contribution in [0.4, 0.5) is 0 Å². The van der Waals surface area contributed by atoms with Crippen LogP contribution in [0.15, 0.2) is 36.4 Å². The van der Waals surface area contributed by atoms with E-state index in [9.17, 15) is 5.11 Å². The Hall–Kier alpha value is -2.60. The number of aromatic hydroxyl groups is 1. The highest BCUT2D eigenvalue weighted by molar-refractivity contribution is 5.87. The molecule has 0 bridgehead atoms. The highest BCUT2D eigenvalue weighted by Gasteiger charge is 2.23. The maximum Gasteiger partial charge on any atom is 0.155 e. The lowest BCUT2D eigenvalue weighted by molar-refractivity contribution is -0.0377. The number of aromatic nitrogens is 3. The Labute approximate surface area is 170 Å². The monoisotopic (exact) mass is 393 g/mol. The Morgan fingerprint density at radius 2 is 1.79 bits per heavy atom. The maximum absolute atomic E-state index is 9.65. The lowest BCUT2D eigenvalue weighted by Gasteiger charge is -2.23. The largest absolute Gasteiger partial charge is 0.508 e. The summed E-state index contributed by atoms with van der Waals surface area (Å²) in [5.41, 5.74) is 3.77. The molecule has 1 unspecified atom stereocenters. The van der Waals surface area contributed by atoms with E-state index in [1.165, 1.54) is 25.7 Å². The van der Waals surface area contributed by atoms with Crippen molar-refractivity contribution in [3.8, 4) is 22.6 Å². The van der Waals surface area contributed by atoms with Gasteiger partial charge in [-0.15, -0.1) is 5.10 Å². The molecule has 1 saturated heterocycles. The molecule has 0 amide bonds. The molecule has 6 heteroatoms. The first-order valence-electron chi connectivity index (χ1n) is 10.7. The molecule has 1 atom stereocenters. The number of nitrogens with zero attached hydrogens (tertiary/aromatic N) is 3. The van der Waals surface area contributed by atoms with Crippen LogP contribution in [0.3, 0.4) is 0 Å².